The summed E-state index contributed by atoms with van der Waals surface area (Å²) in [4.78, 5) is 0.274. The van der Waals surface area contributed by atoms with E-state index in [-0.39, 0.29) is 16.9 Å². The first-order valence-corrected chi connectivity index (χ1v) is 14.3. The van der Waals surface area contributed by atoms with Crippen LogP contribution in [0, 0.1) is 5.92 Å². The Hall–Kier alpha value is -3.35. The lowest BCUT2D eigenvalue weighted by Crippen LogP contribution is -2.29. The lowest BCUT2D eigenvalue weighted by molar-refractivity contribution is 0.425. The number of allylic oxidation sites excluding steroid dienone is 2. The molecule has 0 radical (unpaired) electrons. The predicted molar refractivity (Wildman–Crippen MR) is 150 cm³/mol. The van der Waals surface area contributed by atoms with Gasteiger partial charge in [-0.15, -0.1) is 0 Å². The maximum atomic E-state index is 13.3. The molecular formula is C30H25BrN2O2S. The highest BCUT2D eigenvalue weighted by molar-refractivity contribution is 9.10. The van der Waals surface area contributed by atoms with Crippen LogP contribution in [0.5, 0.6) is 0 Å². The van der Waals surface area contributed by atoms with Crippen LogP contribution in [-0.4, -0.2) is 8.42 Å². The predicted octanol–water partition coefficient (Wildman–Crippen LogP) is 7.74. The van der Waals surface area contributed by atoms with Crippen molar-refractivity contribution in [2.75, 3.05) is 10.0 Å². The third kappa shape index (κ3) is 4.36. The van der Waals surface area contributed by atoms with Gasteiger partial charge in [0.05, 0.1) is 10.9 Å². The van der Waals surface area contributed by atoms with E-state index >= 15 is 0 Å². The van der Waals surface area contributed by atoms with Crippen molar-refractivity contribution < 1.29 is 8.42 Å². The molecule has 0 fully saturated rings. The summed E-state index contributed by atoms with van der Waals surface area (Å²) in [5.41, 5.74) is 5.93. The fourth-order valence-electron chi connectivity index (χ4n) is 5.32. The minimum atomic E-state index is -3.73. The molecule has 0 saturated carbocycles. The molecule has 4 nitrogen and oxygen atoms in total. The zero-order valence-corrected chi connectivity index (χ0v) is 21.8. The zero-order valence-electron chi connectivity index (χ0n) is 19.4. The van der Waals surface area contributed by atoms with Gasteiger partial charge in [0.2, 0.25) is 0 Å². The van der Waals surface area contributed by atoms with E-state index in [1.165, 1.54) is 5.56 Å². The fraction of sp³-hybridized carbons (Fsp3) is 0.133. The molecule has 1 heterocycles. The SMILES string of the molecule is O=S(=O)(Nc1ccc(-c2ccccc2)cc1)c1ccc2c(c1)[C@H]1C=CC[C@H]1[C@@H](c1ccc(Br)cc1)N2. The largest absolute Gasteiger partial charge is 0.378 e. The number of fused-ring (bicyclic) bond motifs is 3. The number of hydrogen-bond donors (Lipinski definition) is 2. The van der Waals surface area contributed by atoms with Gasteiger partial charge in [-0.2, -0.15) is 0 Å². The summed E-state index contributed by atoms with van der Waals surface area (Å²) >= 11 is 3.52. The van der Waals surface area contributed by atoms with Crippen LogP contribution >= 0.6 is 15.9 Å². The van der Waals surface area contributed by atoms with E-state index in [9.17, 15) is 8.42 Å². The van der Waals surface area contributed by atoms with Crippen molar-refractivity contribution in [3.05, 3.63) is 125 Å². The van der Waals surface area contributed by atoms with E-state index in [2.05, 4.69) is 62.4 Å². The van der Waals surface area contributed by atoms with Crippen molar-refractivity contribution in [2.24, 2.45) is 5.92 Å². The van der Waals surface area contributed by atoms with Gasteiger partial charge in [-0.05, 0) is 77.1 Å². The van der Waals surface area contributed by atoms with E-state index in [4.69, 9.17) is 0 Å². The maximum Gasteiger partial charge on any atom is 0.261 e. The molecule has 0 saturated heterocycles. The van der Waals surface area contributed by atoms with Gasteiger partial charge in [0.15, 0.2) is 0 Å². The molecule has 180 valence electrons. The van der Waals surface area contributed by atoms with Crippen LogP contribution in [0.25, 0.3) is 11.1 Å². The molecule has 0 unspecified atom stereocenters. The summed E-state index contributed by atoms with van der Waals surface area (Å²) in [6, 6.07) is 31.5. The fourth-order valence-corrected chi connectivity index (χ4v) is 6.67. The second-order valence-electron chi connectivity index (χ2n) is 9.32. The number of benzene rings is 4. The molecule has 0 aromatic heterocycles. The number of anilines is 2. The van der Waals surface area contributed by atoms with Gasteiger partial charge in [-0.25, -0.2) is 8.42 Å². The standard InChI is InChI=1S/C30H25BrN2O2S/c31-23-13-9-22(10-14-23)30-27-8-4-7-26(27)28-19-25(17-18-29(28)32-30)36(34,35)33-24-15-11-21(12-16-24)20-5-2-1-3-6-20/h1-7,9-19,26-27,30,32-33H,8H2/t26-,27+,30+/m0/s1. The van der Waals surface area contributed by atoms with Gasteiger partial charge >= 0.3 is 0 Å². The molecular weight excluding hydrogens is 532 g/mol. The smallest absolute Gasteiger partial charge is 0.261 e. The summed E-state index contributed by atoms with van der Waals surface area (Å²) in [6.45, 7) is 0. The molecule has 36 heavy (non-hydrogen) atoms. The summed E-state index contributed by atoms with van der Waals surface area (Å²) in [5, 5.41) is 3.68. The Labute approximate surface area is 220 Å². The van der Waals surface area contributed by atoms with Crippen molar-refractivity contribution in [1.29, 1.82) is 0 Å². The molecule has 1 aliphatic carbocycles. The van der Waals surface area contributed by atoms with Gasteiger partial charge in [0, 0.05) is 21.8 Å². The summed E-state index contributed by atoms with van der Waals surface area (Å²) in [6.07, 6.45) is 5.40. The van der Waals surface area contributed by atoms with Crippen LogP contribution in [0.2, 0.25) is 0 Å². The average molecular weight is 558 g/mol. The van der Waals surface area contributed by atoms with E-state index < -0.39 is 10.0 Å². The molecule has 0 spiro atoms. The Morgan fingerprint density at radius 3 is 2.31 bits per heavy atom. The highest BCUT2D eigenvalue weighted by Gasteiger charge is 2.38. The topological polar surface area (TPSA) is 58.2 Å². The number of hydrogen-bond acceptors (Lipinski definition) is 3. The lowest BCUT2D eigenvalue weighted by atomic mass is 9.77. The molecule has 2 aliphatic rings. The third-order valence-electron chi connectivity index (χ3n) is 7.12. The average Bonchev–Trinajstić information content (AvgIpc) is 3.40. The molecule has 0 amide bonds. The summed E-state index contributed by atoms with van der Waals surface area (Å²) in [5.74, 6) is 0.519. The molecule has 0 bridgehead atoms. The van der Waals surface area contributed by atoms with Crippen LogP contribution < -0.4 is 10.0 Å². The molecule has 1 aliphatic heterocycles. The van der Waals surface area contributed by atoms with E-state index in [0.717, 1.165) is 33.3 Å². The molecule has 2 N–H and O–H groups in total. The maximum absolute atomic E-state index is 13.3. The quantitative estimate of drug-likeness (QED) is 0.247. The Kier molecular flexibility index (Phi) is 5.94. The van der Waals surface area contributed by atoms with E-state index in [1.807, 2.05) is 54.6 Å². The second kappa shape index (κ2) is 9.26. The summed E-state index contributed by atoms with van der Waals surface area (Å²) in [7, 11) is -3.73. The zero-order chi connectivity index (χ0) is 24.7. The van der Waals surface area contributed by atoms with Crippen molar-refractivity contribution in [3.63, 3.8) is 0 Å². The van der Waals surface area contributed by atoms with Gasteiger partial charge in [0.25, 0.3) is 10.0 Å². The Morgan fingerprint density at radius 2 is 1.56 bits per heavy atom. The number of halogens is 1. The van der Waals surface area contributed by atoms with Crippen LogP contribution in [0.1, 0.15) is 29.5 Å². The first-order chi connectivity index (χ1) is 17.5. The van der Waals surface area contributed by atoms with E-state index in [1.54, 1.807) is 18.2 Å². The second-order valence-corrected chi connectivity index (χ2v) is 11.9. The molecule has 4 aromatic carbocycles. The number of rotatable bonds is 5. The third-order valence-corrected chi connectivity index (χ3v) is 9.03. The Bertz CT molecular complexity index is 1530. The number of nitrogens with one attached hydrogen (secondary N) is 2. The number of sulfonamides is 1. The van der Waals surface area contributed by atoms with Gasteiger partial charge < -0.3 is 5.32 Å². The molecule has 3 atom stereocenters. The van der Waals surface area contributed by atoms with Gasteiger partial charge in [0.1, 0.15) is 0 Å². The highest BCUT2D eigenvalue weighted by Crippen LogP contribution is 2.50. The monoisotopic (exact) mass is 556 g/mol. The van der Waals surface area contributed by atoms with Crippen LogP contribution in [0.4, 0.5) is 11.4 Å². The minimum Gasteiger partial charge on any atom is -0.378 e. The lowest BCUT2D eigenvalue weighted by Gasteiger charge is -2.37. The Morgan fingerprint density at radius 1 is 0.833 bits per heavy atom. The molecule has 4 aromatic rings. The van der Waals surface area contributed by atoms with Crippen LogP contribution in [0.3, 0.4) is 0 Å². The van der Waals surface area contributed by atoms with Gasteiger partial charge in [-0.3, -0.25) is 4.72 Å². The van der Waals surface area contributed by atoms with Crippen molar-refractivity contribution in [1.82, 2.24) is 0 Å². The minimum absolute atomic E-state index is 0.175. The highest BCUT2D eigenvalue weighted by atomic mass is 79.9. The van der Waals surface area contributed by atoms with Crippen molar-refractivity contribution >= 4 is 37.3 Å². The first-order valence-electron chi connectivity index (χ1n) is 12.0. The van der Waals surface area contributed by atoms with Crippen molar-refractivity contribution in [3.8, 4) is 11.1 Å². The van der Waals surface area contributed by atoms with Crippen LogP contribution in [-0.2, 0) is 10.0 Å². The van der Waals surface area contributed by atoms with Crippen LogP contribution in [0.15, 0.2) is 119 Å². The van der Waals surface area contributed by atoms with E-state index in [0.29, 0.717) is 11.6 Å². The first kappa shape index (κ1) is 23.1. The van der Waals surface area contributed by atoms with Gasteiger partial charge in [-0.1, -0.05) is 82.7 Å². The Balaban J connectivity index is 1.27. The molecule has 6 rings (SSSR count). The van der Waals surface area contributed by atoms with Crippen molar-refractivity contribution in [2.45, 2.75) is 23.3 Å². The normalized spacial score (nSPS) is 20.3. The molecule has 6 heteroatoms. The summed E-state index contributed by atoms with van der Waals surface area (Å²) < 4.78 is 30.4.